The highest BCUT2D eigenvalue weighted by Crippen LogP contribution is 2.36. The molecule has 1 aromatic carbocycles. The first-order chi connectivity index (χ1) is 9.84. The maximum Gasteiger partial charge on any atom is 0.179 e. The molecule has 1 saturated heterocycles. The highest BCUT2D eigenvalue weighted by Gasteiger charge is 2.37. The summed E-state index contributed by atoms with van der Waals surface area (Å²) in [6.45, 7) is 4.19. The first kappa shape index (κ1) is 13.6. The fourth-order valence-corrected chi connectivity index (χ4v) is 3.46. The molecule has 20 heavy (non-hydrogen) atoms. The van der Waals surface area contributed by atoms with Crippen molar-refractivity contribution >= 4 is 0 Å². The highest BCUT2D eigenvalue weighted by molar-refractivity contribution is 5.38. The van der Waals surface area contributed by atoms with E-state index in [2.05, 4.69) is 29.2 Å². The topological polar surface area (TPSA) is 36.3 Å². The quantitative estimate of drug-likeness (QED) is 0.844. The molecule has 0 aromatic heterocycles. The van der Waals surface area contributed by atoms with Crippen LogP contribution in [0, 0.1) is 11.3 Å². The Morgan fingerprint density at radius 2 is 2.05 bits per heavy atom. The number of fused-ring (bicyclic) bond motifs is 1. The molecule has 2 heterocycles. The lowest BCUT2D eigenvalue weighted by Gasteiger charge is -2.34. The molecule has 3 rings (SSSR count). The van der Waals surface area contributed by atoms with Crippen LogP contribution in [-0.2, 0) is 16.8 Å². The normalized spacial score (nSPS) is 26.1. The average Bonchev–Trinajstić information content (AvgIpc) is 3.01. The van der Waals surface area contributed by atoms with E-state index in [1.807, 2.05) is 6.07 Å². The fraction of sp³-hybridized carbons (Fsp3) is 0.588. The molecule has 0 spiro atoms. The zero-order valence-corrected chi connectivity index (χ0v) is 12.0. The Kier molecular flexibility index (Phi) is 4.05. The lowest BCUT2D eigenvalue weighted by atomic mass is 9.84. The van der Waals surface area contributed by atoms with Crippen molar-refractivity contribution in [1.82, 2.24) is 4.90 Å². The molecule has 0 bridgehead atoms. The number of ether oxygens (including phenoxy) is 1. The molecule has 106 valence electrons. The Balaban J connectivity index is 1.70. The third-order valence-electron chi connectivity index (χ3n) is 4.55. The lowest BCUT2D eigenvalue weighted by molar-refractivity contribution is -0.0248. The number of likely N-dealkylation sites (tertiary alicyclic amines) is 1. The van der Waals surface area contributed by atoms with Crippen LogP contribution in [0.2, 0.25) is 0 Å². The number of benzene rings is 1. The summed E-state index contributed by atoms with van der Waals surface area (Å²) in [7, 11) is 0. The van der Waals surface area contributed by atoms with Gasteiger partial charge in [0, 0.05) is 5.56 Å². The van der Waals surface area contributed by atoms with Gasteiger partial charge < -0.3 is 9.64 Å². The Bertz CT molecular complexity index is 502. The molecule has 0 saturated carbocycles. The third-order valence-corrected chi connectivity index (χ3v) is 4.55. The summed E-state index contributed by atoms with van der Waals surface area (Å²) in [6.07, 6.45) is 5.40. The van der Waals surface area contributed by atoms with Crippen LogP contribution in [0.3, 0.4) is 0 Å². The van der Waals surface area contributed by atoms with Crippen LogP contribution < -0.4 is 0 Å². The first-order valence-corrected chi connectivity index (χ1v) is 7.70. The molecular weight excluding hydrogens is 248 g/mol. The molecule has 3 nitrogen and oxygen atoms in total. The van der Waals surface area contributed by atoms with E-state index < -0.39 is 5.60 Å². The minimum absolute atomic E-state index is 0.661. The third kappa shape index (κ3) is 2.59. The zero-order chi connectivity index (χ0) is 13.8. The van der Waals surface area contributed by atoms with Crippen LogP contribution in [0.1, 0.15) is 36.8 Å². The second-order valence-electron chi connectivity index (χ2n) is 5.85. The van der Waals surface area contributed by atoms with Crippen LogP contribution in [-0.4, -0.2) is 31.1 Å². The molecule has 1 unspecified atom stereocenters. The average molecular weight is 270 g/mol. The smallest absolute Gasteiger partial charge is 0.179 e. The number of nitriles is 1. The minimum atomic E-state index is -0.714. The maximum absolute atomic E-state index is 9.69. The predicted octanol–water partition coefficient (Wildman–Crippen LogP) is 2.85. The minimum Gasteiger partial charge on any atom is -0.356 e. The van der Waals surface area contributed by atoms with Crippen molar-refractivity contribution in [1.29, 1.82) is 5.26 Å². The van der Waals surface area contributed by atoms with Crippen LogP contribution in [0.25, 0.3) is 0 Å². The van der Waals surface area contributed by atoms with E-state index in [1.54, 1.807) is 0 Å². The van der Waals surface area contributed by atoms with Crippen molar-refractivity contribution in [3.05, 3.63) is 35.4 Å². The molecular formula is C17H22N2O. The number of rotatable bonds is 4. The molecule has 0 aliphatic carbocycles. The summed E-state index contributed by atoms with van der Waals surface area (Å²) in [4.78, 5) is 2.50. The Morgan fingerprint density at radius 3 is 2.85 bits per heavy atom. The Morgan fingerprint density at radius 1 is 1.25 bits per heavy atom. The molecule has 0 radical (unpaired) electrons. The van der Waals surface area contributed by atoms with Crippen molar-refractivity contribution in [3.63, 3.8) is 0 Å². The summed E-state index contributed by atoms with van der Waals surface area (Å²) >= 11 is 0. The van der Waals surface area contributed by atoms with Crippen molar-refractivity contribution < 1.29 is 4.74 Å². The van der Waals surface area contributed by atoms with Gasteiger partial charge in [-0.1, -0.05) is 24.3 Å². The van der Waals surface area contributed by atoms with Gasteiger partial charge in [0.2, 0.25) is 0 Å². The van der Waals surface area contributed by atoms with Crippen molar-refractivity contribution in [2.75, 3.05) is 26.2 Å². The molecule has 0 N–H and O–H groups in total. The van der Waals surface area contributed by atoms with Gasteiger partial charge in [0.1, 0.15) is 6.07 Å². The SMILES string of the molecule is N#CC1(CCCN2CCCC2)OCCc2ccccc21. The van der Waals surface area contributed by atoms with Crippen molar-refractivity contribution in [2.24, 2.45) is 0 Å². The zero-order valence-electron chi connectivity index (χ0n) is 12.0. The molecule has 1 aromatic rings. The van der Waals surface area contributed by atoms with Gasteiger partial charge in [0.05, 0.1) is 6.61 Å². The number of nitrogens with zero attached hydrogens (tertiary/aromatic N) is 2. The lowest BCUT2D eigenvalue weighted by Crippen LogP contribution is -2.35. The van der Waals surface area contributed by atoms with E-state index in [9.17, 15) is 5.26 Å². The van der Waals surface area contributed by atoms with Crippen LogP contribution in [0.4, 0.5) is 0 Å². The number of hydrogen-bond donors (Lipinski definition) is 0. The van der Waals surface area contributed by atoms with Crippen LogP contribution in [0.15, 0.2) is 24.3 Å². The van der Waals surface area contributed by atoms with Crippen molar-refractivity contribution in [3.8, 4) is 6.07 Å². The summed E-state index contributed by atoms with van der Waals surface area (Å²) in [6, 6.07) is 10.7. The van der Waals surface area contributed by atoms with E-state index in [0.29, 0.717) is 6.61 Å². The largest absolute Gasteiger partial charge is 0.356 e. The van der Waals surface area contributed by atoms with E-state index in [1.165, 1.54) is 31.5 Å². The second-order valence-corrected chi connectivity index (χ2v) is 5.85. The van der Waals surface area contributed by atoms with Gasteiger partial charge in [0.15, 0.2) is 5.60 Å². The summed E-state index contributed by atoms with van der Waals surface area (Å²) in [5, 5.41) is 9.69. The summed E-state index contributed by atoms with van der Waals surface area (Å²) < 4.78 is 5.93. The Hall–Kier alpha value is -1.37. The number of hydrogen-bond acceptors (Lipinski definition) is 3. The molecule has 3 heteroatoms. The molecule has 2 aliphatic heterocycles. The standard InChI is InChI=1S/C17H22N2O/c18-14-17(9-5-12-19-10-3-4-11-19)16-7-2-1-6-15(16)8-13-20-17/h1-2,6-7H,3-5,8-13H2. The highest BCUT2D eigenvalue weighted by atomic mass is 16.5. The van der Waals surface area contributed by atoms with E-state index in [-0.39, 0.29) is 0 Å². The molecule has 2 aliphatic rings. The van der Waals surface area contributed by atoms with Gasteiger partial charge in [-0.3, -0.25) is 0 Å². The van der Waals surface area contributed by atoms with Crippen LogP contribution >= 0.6 is 0 Å². The van der Waals surface area contributed by atoms with Gasteiger partial charge in [0.25, 0.3) is 0 Å². The van der Waals surface area contributed by atoms with E-state index >= 15 is 0 Å². The Labute approximate surface area is 121 Å². The van der Waals surface area contributed by atoms with E-state index in [0.717, 1.165) is 31.4 Å². The molecule has 1 fully saturated rings. The monoisotopic (exact) mass is 270 g/mol. The van der Waals surface area contributed by atoms with Gasteiger partial charge >= 0.3 is 0 Å². The summed E-state index contributed by atoms with van der Waals surface area (Å²) in [5.74, 6) is 0. The predicted molar refractivity (Wildman–Crippen MR) is 78.3 cm³/mol. The molecule has 0 amide bonds. The van der Waals surface area contributed by atoms with Gasteiger partial charge in [-0.2, -0.15) is 5.26 Å². The summed E-state index contributed by atoms with van der Waals surface area (Å²) in [5.41, 5.74) is 1.66. The fourth-order valence-electron chi connectivity index (χ4n) is 3.46. The maximum atomic E-state index is 9.69. The van der Waals surface area contributed by atoms with E-state index in [4.69, 9.17) is 4.74 Å². The molecule has 1 atom stereocenters. The van der Waals surface area contributed by atoms with Gasteiger partial charge in [-0.05, 0) is 57.3 Å². The van der Waals surface area contributed by atoms with Crippen LogP contribution in [0.5, 0.6) is 0 Å². The van der Waals surface area contributed by atoms with Gasteiger partial charge in [-0.15, -0.1) is 0 Å². The first-order valence-electron chi connectivity index (χ1n) is 7.70. The second kappa shape index (κ2) is 5.95. The van der Waals surface area contributed by atoms with Crippen molar-refractivity contribution in [2.45, 2.75) is 37.7 Å². The van der Waals surface area contributed by atoms with Gasteiger partial charge in [-0.25, -0.2) is 0 Å².